The predicted octanol–water partition coefficient (Wildman–Crippen LogP) is 1.90. The molecule has 0 amide bonds. The molecule has 2 N–H and O–H groups in total. The summed E-state index contributed by atoms with van der Waals surface area (Å²) in [5.41, 5.74) is 0. The molecule has 3 heteroatoms. The van der Waals surface area contributed by atoms with Crippen LogP contribution in [0.3, 0.4) is 0 Å². The standard InChI is InChI=1S/C8H14F2.H2O/c1-5-3-7(9)6(2)8(10)4-5;/h5-8H,3-4H2,1-2H3;1H2. The van der Waals surface area contributed by atoms with E-state index in [9.17, 15) is 8.78 Å². The molecular weight excluding hydrogens is 150 g/mol. The second kappa shape index (κ2) is 4.00. The van der Waals surface area contributed by atoms with E-state index in [2.05, 4.69) is 0 Å². The molecule has 1 fully saturated rings. The monoisotopic (exact) mass is 166 g/mol. The quantitative estimate of drug-likeness (QED) is 0.526. The van der Waals surface area contributed by atoms with E-state index in [1.54, 1.807) is 6.92 Å². The molecule has 0 spiro atoms. The Morgan fingerprint density at radius 2 is 1.36 bits per heavy atom. The maximum Gasteiger partial charge on any atom is 0.106 e. The molecule has 1 saturated carbocycles. The van der Waals surface area contributed by atoms with Crippen molar-refractivity contribution in [1.82, 2.24) is 0 Å². The fourth-order valence-electron chi connectivity index (χ4n) is 1.52. The normalized spacial score (nSPS) is 44.7. The topological polar surface area (TPSA) is 31.5 Å². The molecule has 2 atom stereocenters. The van der Waals surface area contributed by atoms with Crippen molar-refractivity contribution in [3.8, 4) is 0 Å². The van der Waals surface area contributed by atoms with Crippen molar-refractivity contribution < 1.29 is 14.3 Å². The van der Waals surface area contributed by atoms with Crippen molar-refractivity contribution in [1.29, 1.82) is 0 Å². The zero-order valence-electron chi connectivity index (χ0n) is 6.98. The van der Waals surface area contributed by atoms with Crippen molar-refractivity contribution in [3.63, 3.8) is 0 Å². The number of halogens is 2. The molecule has 2 unspecified atom stereocenters. The second-order valence-electron chi connectivity index (χ2n) is 3.47. The number of hydrogen-bond acceptors (Lipinski definition) is 0. The summed E-state index contributed by atoms with van der Waals surface area (Å²) in [5, 5.41) is 0. The van der Waals surface area contributed by atoms with Crippen LogP contribution in [0.25, 0.3) is 0 Å². The van der Waals surface area contributed by atoms with Gasteiger partial charge in [0.05, 0.1) is 0 Å². The molecule has 0 aromatic rings. The van der Waals surface area contributed by atoms with Gasteiger partial charge in [0.2, 0.25) is 0 Å². The van der Waals surface area contributed by atoms with E-state index in [0.29, 0.717) is 12.8 Å². The summed E-state index contributed by atoms with van der Waals surface area (Å²) >= 11 is 0. The molecule has 0 saturated heterocycles. The predicted molar refractivity (Wildman–Crippen MR) is 41.0 cm³/mol. The average Bonchev–Trinajstić information content (AvgIpc) is 1.82. The lowest BCUT2D eigenvalue weighted by Crippen LogP contribution is -2.32. The fourth-order valence-corrected chi connectivity index (χ4v) is 1.52. The zero-order chi connectivity index (χ0) is 7.72. The van der Waals surface area contributed by atoms with Gasteiger partial charge < -0.3 is 5.48 Å². The van der Waals surface area contributed by atoms with Crippen LogP contribution < -0.4 is 0 Å². The first kappa shape index (κ1) is 10.8. The Bertz CT molecular complexity index is 107. The van der Waals surface area contributed by atoms with Crippen LogP contribution in [0.15, 0.2) is 0 Å². The van der Waals surface area contributed by atoms with E-state index in [-0.39, 0.29) is 17.3 Å². The number of alkyl halides is 2. The van der Waals surface area contributed by atoms with Crippen LogP contribution in [-0.4, -0.2) is 17.8 Å². The molecule has 1 rings (SSSR count). The van der Waals surface area contributed by atoms with E-state index in [1.807, 2.05) is 6.92 Å². The largest absolute Gasteiger partial charge is 0.412 e. The molecule has 0 aromatic carbocycles. The van der Waals surface area contributed by atoms with Crippen LogP contribution in [0.1, 0.15) is 26.7 Å². The van der Waals surface area contributed by atoms with Crippen molar-refractivity contribution in [2.75, 3.05) is 0 Å². The number of hydrogen-bond donors (Lipinski definition) is 0. The SMILES string of the molecule is CC1CC(F)C(C)C(F)C1.O. The number of rotatable bonds is 0. The van der Waals surface area contributed by atoms with Gasteiger partial charge in [-0.1, -0.05) is 13.8 Å². The van der Waals surface area contributed by atoms with Crippen molar-refractivity contribution in [2.45, 2.75) is 39.0 Å². The molecule has 1 nitrogen and oxygen atoms in total. The summed E-state index contributed by atoms with van der Waals surface area (Å²) in [6.07, 6.45) is -0.749. The van der Waals surface area contributed by atoms with E-state index in [4.69, 9.17) is 0 Å². The van der Waals surface area contributed by atoms with Crippen molar-refractivity contribution in [2.24, 2.45) is 11.8 Å². The van der Waals surface area contributed by atoms with Gasteiger partial charge in [-0.05, 0) is 18.8 Å². The van der Waals surface area contributed by atoms with Gasteiger partial charge >= 0.3 is 0 Å². The lowest BCUT2D eigenvalue weighted by atomic mass is 9.81. The van der Waals surface area contributed by atoms with E-state index >= 15 is 0 Å². The Labute approximate surface area is 66.1 Å². The minimum absolute atomic E-state index is 0. The Hall–Kier alpha value is -0.180. The maximum absolute atomic E-state index is 12.8. The van der Waals surface area contributed by atoms with Gasteiger partial charge in [-0.25, -0.2) is 8.78 Å². The molecule has 0 radical (unpaired) electrons. The minimum Gasteiger partial charge on any atom is -0.412 e. The summed E-state index contributed by atoms with van der Waals surface area (Å²) in [4.78, 5) is 0. The summed E-state index contributed by atoms with van der Waals surface area (Å²) in [6.45, 7) is 3.56. The lowest BCUT2D eigenvalue weighted by Gasteiger charge is -2.30. The summed E-state index contributed by atoms with van der Waals surface area (Å²) < 4.78 is 25.7. The Morgan fingerprint density at radius 1 is 1.00 bits per heavy atom. The summed E-state index contributed by atoms with van der Waals surface area (Å²) in [6, 6.07) is 0. The van der Waals surface area contributed by atoms with E-state index in [0.717, 1.165) is 0 Å². The molecule has 0 aliphatic heterocycles. The molecule has 0 heterocycles. The highest BCUT2D eigenvalue weighted by atomic mass is 19.1. The fraction of sp³-hybridized carbons (Fsp3) is 1.00. The first-order valence-corrected chi connectivity index (χ1v) is 3.89. The molecular formula is C8H16F2O. The third-order valence-electron chi connectivity index (χ3n) is 2.40. The smallest absolute Gasteiger partial charge is 0.106 e. The van der Waals surface area contributed by atoms with E-state index < -0.39 is 12.3 Å². The molecule has 11 heavy (non-hydrogen) atoms. The minimum atomic E-state index is -0.918. The van der Waals surface area contributed by atoms with Crippen LogP contribution in [-0.2, 0) is 0 Å². The average molecular weight is 166 g/mol. The maximum atomic E-state index is 12.8. The molecule has 68 valence electrons. The van der Waals surface area contributed by atoms with Gasteiger partial charge in [0.1, 0.15) is 12.3 Å². The Kier molecular flexibility index (Phi) is 3.93. The molecule has 0 aromatic heterocycles. The third kappa shape index (κ3) is 2.40. The van der Waals surface area contributed by atoms with Gasteiger partial charge in [-0.2, -0.15) is 0 Å². The van der Waals surface area contributed by atoms with Gasteiger partial charge in [-0.3, -0.25) is 0 Å². The van der Waals surface area contributed by atoms with Crippen molar-refractivity contribution >= 4 is 0 Å². The zero-order valence-corrected chi connectivity index (χ0v) is 6.98. The molecule has 1 aliphatic carbocycles. The Balaban J connectivity index is 0.000001000. The van der Waals surface area contributed by atoms with Crippen LogP contribution in [0.4, 0.5) is 8.78 Å². The second-order valence-corrected chi connectivity index (χ2v) is 3.47. The highest BCUT2D eigenvalue weighted by Gasteiger charge is 2.33. The summed E-state index contributed by atoms with van der Waals surface area (Å²) in [5.74, 6) is -0.155. The van der Waals surface area contributed by atoms with Crippen LogP contribution in [0, 0.1) is 11.8 Å². The third-order valence-corrected chi connectivity index (χ3v) is 2.40. The first-order chi connectivity index (χ1) is 4.61. The van der Waals surface area contributed by atoms with Crippen LogP contribution in [0.2, 0.25) is 0 Å². The Morgan fingerprint density at radius 3 is 1.73 bits per heavy atom. The molecule has 0 bridgehead atoms. The molecule has 1 aliphatic rings. The van der Waals surface area contributed by atoms with Gasteiger partial charge in [0.15, 0.2) is 0 Å². The lowest BCUT2D eigenvalue weighted by molar-refractivity contribution is 0.0603. The van der Waals surface area contributed by atoms with Crippen LogP contribution >= 0.6 is 0 Å². The summed E-state index contributed by atoms with van der Waals surface area (Å²) in [7, 11) is 0. The van der Waals surface area contributed by atoms with Crippen LogP contribution in [0.5, 0.6) is 0 Å². The van der Waals surface area contributed by atoms with Gasteiger partial charge in [-0.15, -0.1) is 0 Å². The van der Waals surface area contributed by atoms with Crippen molar-refractivity contribution in [3.05, 3.63) is 0 Å². The highest BCUT2D eigenvalue weighted by Crippen LogP contribution is 2.32. The van der Waals surface area contributed by atoms with Gasteiger partial charge in [0, 0.05) is 5.92 Å². The van der Waals surface area contributed by atoms with Gasteiger partial charge in [0.25, 0.3) is 0 Å². The van der Waals surface area contributed by atoms with E-state index in [1.165, 1.54) is 0 Å². The first-order valence-electron chi connectivity index (χ1n) is 3.89. The highest BCUT2D eigenvalue weighted by molar-refractivity contribution is 4.82.